The van der Waals surface area contributed by atoms with E-state index >= 15 is 0 Å². The first kappa shape index (κ1) is 10.6. The molecule has 0 spiro atoms. The molecule has 0 atom stereocenters. The maximum Gasteiger partial charge on any atom is 0.404 e. The van der Waals surface area contributed by atoms with E-state index in [0.29, 0.717) is 0 Å². The molecule has 0 saturated carbocycles. The Morgan fingerprint density at radius 1 is 1.15 bits per heavy atom. The van der Waals surface area contributed by atoms with Gasteiger partial charge >= 0.3 is 4.16 Å². The quantitative estimate of drug-likeness (QED) is 0.774. The molecule has 0 heterocycles. The molecule has 0 radical (unpaired) electrons. The summed E-state index contributed by atoms with van der Waals surface area (Å²) in [6, 6.07) is 6.54. The summed E-state index contributed by atoms with van der Waals surface area (Å²) >= 11 is 1.82. The lowest BCUT2D eigenvalue weighted by Crippen LogP contribution is -2.21. The Labute approximate surface area is 82.6 Å². The molecule has 0 fully saturated rings. The van der Waals surface area contributed by atoms with Gasteiger partial charge in [-0.3, -0.25) is 0 Å². The number of halogens is 3. The van der Waals surface area contributed by atoms with Crippen LogP contribution >= 0.6 is 15.9 Å². The summed E-state index contributed by atoms with van der Waals surface area (Å²) in [5.41, 5.74) is 0. The lowest BCUT2D eigenvalue weighted by Gasteiger charge is -2.08. The van der Waals surface area contributed by atoms with Gasteiger partial charge in [0.2, 0.25) is 0 Å². The first-order valence-corrected chi connectivity index (χ1v) is 5.50. The molecule has 2 nitrogen and oxygen atoms in total. The van der Waals surface area contributed by atoms with Crippen LogP contribution in [0.15, 0.2) is 35.2 Å². The third-order valence-electron chi connectivity index (χ3n) is 1.36. The average molecular weight is 271 g/mol. The van der Waals surface area contributed by atoms with Gasteiger partial charge in [-0.1, -0.05) is 18.2 Å². The molecular formula is C7H5BrF2O2S. The normalized spacial score (nSPS) is 12.8. The Balaban J connectivity index is 3.26. The molecule has 1 aromatic carbocycles. The molecule has 0 aromatic heterocycles. The maximum absolute atomic E-state index is 12.5. The number of rotatable bonds is 2. The van der Waals surface area contributed by atoms with Crippen molar-refractivity contribution in [2.45, 2.75) is 9.06 Å². The van der Waals surface area contributed by atoms with E-state index in [0.717, 1.165) is 12.1 Å². The van der Waals surface area contributed by atoms with Crippen LogP contribution in [0.3, 0.4) is 0 Å². The van der Waals surface area contributed by atoms with Crippen molar-refractivity contribution in [2.24, 2.45) is 0 Å². The fraction of sp³-hybridized carbons (Fsp3) is 0.143. The standard InChI is InChI=1S/C7H5BrF2O2S/c8-7(9,10)13(11,12)6-4-2-1-3-5-6/h1-5H. The molecule has 1 rings (SSSR count). The van der Waals surface area contributed by atoms with Gasteiger partial charge in [-0.05, 0) is 12.1 Å². The van der Waals surface area contributed by atoms with E-state index in [1.807, 2.05) is 15.9 Å². The summed E-state index contributed by atoms with van der Waals surface area (Å²) in [6.07, 6.45) is 0. The van der Waals surface area contributed by atoms with Gasteiger partial charge in [0.15, 0.2) is 0 Å². The summed E-state index contributed by atoms with van der Waals surface area (Å²) in [5.74, 6) is 0. The van der Waals surface area contributed by atoms with Crippen LogP contribution in [0.5, 0.6) is 0 Å². The molecule has 0 N–H and O–H groups in total. The second kappa shape index (κ2) is 3.34. The van der Waals surface area contributed by atoms with Gasteiger partial charge in [-0.15, -0.1) is 0 Å². The van der Waals surface area contributed by atoms with Crippen LogP contribution in [-0.2, 0) is 9.84 Å². The zero-order chi connectivity index (χ0) is 10.1. The van der Waals surface area contributed by atoms with Crippen LogP contribution in [0.2, 0.25) is 0 Å². The number of sulfone groups is 1. The van der Waals surface area contributed by atoms with Crippen LogP contribution in [-0.4, -0.2) is 12.6 Å². The van der Waals surface area contributed by atoms with Gasteiger partial charge in [0.1, 0.15) is 0 Å². The van der Waals surface area contributed by atoms with Gasteiger partial charge in [0, 0.05) is 15.9 Å². The van der Waals surface area contributed by atoms with E-state index in [-0.39, 0.29) is 0 Å². The van der Waals surface area contributed by atoms with E-state index in [1.165, 1.54) is 12.1 Å². The minimum Gasteiger partial charge on any atom is -0.216 e. The lowest BCUT2D eigenvalue weighted by molar-refractivity contribution is 0.204. The summed E-state index contributed by atoms with van der Waals surface area (Å²) in [7, 11) is -4.59. The summed E-state index contributed by atoms with van der Waals surface area (Å²) in [5, 5.41) is 0. The number of hydrogen-bond acceptors (Lipinski definition) is 2. The third-order valence-corrected chi connectivity index (χ3v) is 4.14. The van der Waals surface area contributed by atoms with Crippen LogP contribution in [0.25, 0.3) is 0 Å². The Hall–Kier alpha value is -0.490. The highest BCUT2D eigenvalue weighted by molar-refractivity contribution is 9.11. The van der Waals surface area contributed by atoms with Crippen LogP contribution in [0.4, 0.5) is 8.78 Å². The molecular weight excluding hydrogens is 266 g/mol. The molecule has 13 heavy (non-hydrogen) atoms. The van der Waals surface area contributed by atoms with E-state index in [2.05, 4.69) is 0 Å². The summed E-state index contributed by atoms with van der Waals surface area (Å²) < 4.78 is 43.2. The Kier molecular flexibility index (Phi) is 2.72. The maximum atomic E-state index is 12.5. The summed E-state index contributed by atoms with van der Waals surface area (Å²) in [4.78, 5) is -0.406. The highest BCUT2D eigenvalue weighted by atomic mass is 79.9. The molecule has 0 saturated heterocycles. The molecule has 6 heteroatoms. The van der Waals surface area contributed by atoms with Gasteiger partial charge in [0.05, 0.1) is 4.90 Å². The highest BCUT2D eigenvalue weighted by Gasteiger charge is 2.42. The Morgan fingerprint density at radius 2 is 1.62 bits per heavy atom. The van der Waals surface area contributed by atoms with Crippen molar-refractivity contribution >= 4 is 25.8 Å². The molecule has 0 aliphatic carbocycles. The SMILES string of the molecule is O=S(=O)(c1ccccc1)C(F)(F)Br. The zero-order valence-electron chi connectivity index (χ0n) is 6.25. The Bertz CT molecular complexity index is 383. The van der Waals surface area contributed by atoms with Gasteiger partial charge < -0.3 is 0 Å². The monoisotopic (exact) mass is 270 g/mol. The molecule has 72 valence electrons. The molecule has 0 aliphatic heterocycles. The van der Waals surface area contributed by atoms with Gasteiger partial charge in [0.25, 0.3) is 9.84 Å². The number of alkyl halides is 3. The minimum atomic E-state index is -4.59. The topological polar surface area (TPSA) is 34.1 Å². The molecule has 0 bridgehead atoms. The molecule has 0 unspecified atom stereocenters. The van der Waals surface area contributed by atoms with Gasteiger partial charge in [-0.25, -0.2) is 8.42 Å². The summed E-state index contributed by atoms with van der Waals surface area (Å²) in [6.45, 7) is 0. The van der Waals surface area contributed by atoms with Crippen molar-refractivity contribution in [2.75, 3.05) is 0 Å². The molecule has 0 aliphatic rings. The van der Waals surface area contributed by atoms with Crippen molar-refractivity contribution in [1.82, 2.24) is 0 Å². The van der Waals surface area contributed by atoms with E-state index in [9.17, 15) is 17.2 Å². The highest BCUT2D eigenvalue weighted by Crippen LogP contribution is 2.34. The van der Waals surface area contributed by atoms with Crippen LogP contribution in [0, 0.1) is 0 Å². The van der Waals surface area contributed by atoms with Crippen molar-refractivity contribution in [3.8, 4) is 0 Å². The first-order valence-electron chi connectivity index (χ1n) is 3.22. The van der Waals surface area contributed by atoms with Crippen molar-refractivity contribution < 1.29 is 17.2 Å². The average Bonchev–Trinajstić information content (AvgIpc) is 2.04. The molecule has 0 amide bonds. The number of benzene rings is 1. The zero-order valence-corrected chi connectivity index (χ0v) is 8.65. The fourth-order valence-corrected chi connectivity index (χ4v) is 2.08. The third kappa shape index (κ3) is 2.05. The lowest BCUT2D eigenvalue weighted by atomic mass is 10.4. The fourth-order valence-electron chi connectivity index (χ4n) is 0.733. The smallest absolute Gasteiger partial charge is 0.216 e. The van der Waals surface area contributed by atoms with Gasteiger partial charge in [-0.2, -0.15) is 8.78 Å². The first-order chi connectivity index (χ1) is 5.86. The van der Waals surface area contributed by atoms with Crippen molar-refractivity contribution in [3.63, 3.8) is 0 Å². The second-order valence-electron chi connectivity index (χ2n) is 2.26. The van der Waals surface area contributed by atoms with Crippen LogP contribution < -0.4 is 0 Å². The van der Waals surface area contributed by atoms with E-state index in [1.54, 1.807) is 6.07 Å². The van der Waals surface area contributed by atoms with E-state index < -0.39 is 18.9 Å². The Morgan fingerprint density at radius 3 is 2.00 bits per heavy atom. The number of hydrogen-bond donors (Lipinski definition) is 0. The van der Waals surface area contributed by atoms with E-state index in [4.69, 9.17) is 0 Å². The van der Waals surface area contributed by atoms with Crippen molar-refractivity contribution in [1.29, 1.82) is 0 Å². The molecule has 1 aromatic rings. The minimum absolute atomic E-state index is 0.406. The predicted octanol–water partition coefficient (Wildman–Crippen LogP) is 2.41. The largest absolute Gasteiger partial charge is 0.404 e. The second-order valence-corrected chi connectivity index (χ2v) is 5.77. The van der Waals surface area contributed by atoms with Crippen molar-refractivity contribution in [3.05, 3.63) is 30.3 Å². The predicted molar refractivity (Wildman–Crippen MR) is 47.5 cm³/mol. The van der Waals surface area contributed by atoms with Crippen LogP contribution in [0.1, 0.15) is 0 Å².